The largest absolute Gasteiger partial charge is 0.392 e. The van der Waals surface area contributed by atoms with E-state index in [0.29, 0.717) is 6.54 Å². The highest BCUT2D eigenvalue weighted by molar-refractivity contribution is 7.91. The third kappa shape index (κ3) is 5.24. The van der Waals surface area contributed by atoms with Crippen LogP contribution in [-0.2, 0) is 9.84 Å². The van der Waals surface area contributed by atoms with E-state index in [2.05, 4.69) is 26.1 Å². The number of hydrogen-bond donors (Lipinski definition) is 2. The molecule has 0 amide bonds. The predicted octanol–water partition coefficient (Wildman–Crippen LogP) is 1.34. The zero-order valence-corrected chi connectivity index (χ0v) is 12.8. The topological polar surface area (TPSA) is 66.4 Å². The molecule has 0 saturated heterocycles. The van der Waals surface area contributed by atoms with E-state index >= 15 is 0 Å². The van der Waals surface area contributed by atoms with Gasteiger partial charge in [0, 0.05) is 18.8 Å². The van der Waals surface area contributed by atoms with Crippen molar-refractivity contribution < 1.29 is 13.5 Å². The predicted molar refractivity (Wildman–Crippen MR) is 74.4 cm³/mol. The maximum atomic E-state index is 11.6. The van der Waals surface area contributed by atoms with Gasteiger partial charge in [-0.05, 0) is 24.7 Å². The summed E-state index contributed by atoms with van der Waals surface area (Å²) in [6, 6.07) is 0.00891. The van der Waals surface area contributed by atoms with Gasteiger partial charge in [-0.2, -0.15) is 0 Å². The molecule has 0 bridgehead atoms. The highest BCUT2D eigenvalue weighted by Gasteiger charge is 2.34. The first-order valence-electron chi connectivity index (χ1n) is 6.70. The van der Waals surface area contributed by atoms with Crippen molar-refractivity contribution >= 4 is 9.84 Å². The van der Waals surface area contributed by atoms with Gasteiger partial charge in [-0.15, -0.1) is 0 Å². The van der Waals surface area contributed by atoms with Crippen molar-refractivity contribution in [3.8, 4) is 0 Å². The van der Waals surface area contributed by atoms with Crippen molar-refractivity contribution in [3.63, 3.8) is 0 Å². The monoisotopic (exact) mass is 277 g/mol. The molecule has 0 aromatic rings. The molecule has 5 heteroatoms. The van der Waals surface area contributed by atoms with Crippen LogP contribution in [-0.4, -0.2) is 43.7 Å². The van der Waals surface area contributed by atoms with Crippen molar-refractivity contribution in [3.05, 3.63) is 0 Å². The van der Waals surface area contributed by atoms with E-state index in [1.54, 1.807) is 0 Å². The van der Waals surface area contributed by atoms with Gasteiger partial charge in [-0.3, -0.25) is 0 Å². The molecule has 0 aromatic heterocycles. The number of rotatable bonds is 5. The van der Waals surface area contributed by atoms with Crippen molar-refractivity contribution in [1.29, 1.82) is 0 Å². The summed E-state index contributed by atoms with van der Waals surface area (Å²) >= 11 is 0. The molecule has 1 aliphatic rings. The molecule has 3 unspecified atom stereocenters. The van der Waals surface area contributed by atoms with Gasteiger partial charge in [0.2, 0.25) is 0 Å². The minimum absolute atomic E-state index is 0.00891. The quantitative estimate of drug-likeness (QED) is 0.796. The molecule has 0 aliphatic heterocycles. The van der Waals surface area contributed by atoms with E-state index in [4.69, 9.17) is 0 Å². The molecule has 0 radical (unpaired) electrons. The Morgan fingerprint density at radius 2 is 1.94 bits per heavy atom. The van der Waals surface area contributed by atoms with Crippen molar-refractivity contribution in [1.82, 2.24) is 5.32 Å². The normalized spacial score (nSPS) is 27.4. The second kappa shape index (κ2) is 5.88. The van der Waals surface area contributed by atoms with Gasteiger partial charge in [0.05, 0.1) is 11.4 Å². The lowest BCUT2D eigenvalue weighted by molar-refractivity contribution is 0.117. The van der Waals surface area contributed by atoms with Crippen LogP contribution in [0, 0.1) is 5.41 Å². The Balaban J connectivity index is 2.44. The summed E-state index contributed by atoms with van der Waals surface area (Å²) in [5, 5.41) is 12.9. The second-order valence-corrected chi connectivity index (χ2v) is 9.00. The molecule has 0 aromatic carbocycles. The first kappa shape index (κ1) is 15.9. The molecular weight excluding hydrogens is 250 g/mol. The molecule has 1 rings (SSSR count). The molecule has 0 spiro atoms. The fraction of sp³-hybridized carbons (Fsp3) is 1.00. The van der Waals surface area contributed by atoms with Gasteiger partial charge >= 0.3 is 0 Å². The number of hydrogen-bond acceptors (Lipinski definition) is 4. The Bertz CT molecular complexity index is 359. The minimum atomic E-state index is -2.98. The molecule has 18 heavy (non-hydrogen) atoms. The average molecular weight is 277 g/mol. The summed E-state index contributed by atoms with van der Waals surface area (Å²) in [5.74, 6) is 0. The lowest BCUT2D eigenvalue weighted by atomic mass is 9.89. The Hall–Kier alpha value is -0.130. The van der Waals surface area contributed by atoms with E-state index in [-0.39, 0.29) is 16.7 Å². The molecule has 3 atom stereocenters. The Labute approximate surface area is 111 Å². The van der Waals surface area contributed by atoms with Crippen LogP contribution in [0.4, 0.5) is 0 Å². The van der Waals surface area contributed by atoms with E-state index in [1.807, 2.05) is 0 Å². The summed E-state index contributed by atoms with van der Waals surface area (Å²) < 4.78 is 23.2. The van der Waals surface area contributed by atoms with Crippen LogP contribution in [0.3, 0.4) is 0 Å². The molecule has 1 fully saturated rings. The van der Waals surface area contributed by atoms with Crippen molar-refractivity contribution in [2.75, 3.05) is 12.8 Å². The van der Waals surface area contributed by atoms with Gasteiger partial charge < -0.3 is 10.4 Å². The first-order valence-corrected chi connectivity index (χ1v) is 8.65. The maximum Gasteiger partial charge on any atom is 0.151 e. The van der Waals surface area contributed by atoms with Crippen LogP contribution in [0.25, 0.3) is 0 Å². The van der Waals surface area contributed by atoms with Crippen LogP contribution < -0.4 is 5.32 Å². The molecule has 1 saturated carbocycles. The third-order valence-electron chi connectivity index (χ3n) is 3.47. The SMILES string of the molecule is CC(C)(C)CC(O)CNC1CCCC1S(C)(=O)=O. The van der Waals surface area contributed by atoms with Gasteiger partial charge in [-0.25, -0.2) is 8.42 Å². The first-order chi connectivity index (χ1) is 8.09. The average Bonchev–Trinajstić information content (AvgIpc) is 2.58. The van der Waals surface area contributed by atoms with E-state index < -0.39 is 15.9 Å². The van der Waals surface area contributed by atoms with Crippen LogP contribution in [0.5, 0.6) is 0 Å². The van der Waals surface area contributed by atoms with Gasteiger partial charge in [-0.1, -0.05) is 27.2 Å². The Kier molecular flexibility index (Phi) is 5.21. The molecule has 2 N–H and O–H groups in total. The number of aliphatic hydroxyl groups is 1. The molecule has 4 nitrogen and oxygen atoms in total. The fourth-order valence-corrected chi connectivity index (χ4v) is 4.16. The molecular formula is C13H27NO3S. The van der Waals surface area contributed by atoms with Crippen LogP contribution in [0.1, 0.15) is 46.5 Å². The number of nitrogens with one attached hydrogen (secondary N) is 1. The molecule has 0 heterocycles. The van der Waals surface area contributed by atoms with Crippen LogP contribution in [0.2, 0.25) is 0 Å². The summed E-state index contributed by atoms with van der Waals surface area (Å²) in [6.07, 6.45) is 4.20. The van der Waals surface area contributed by atoms with Gasteiger partial charge in [0.25, 0.3) is 0 Å². The van der Waals surface area contributed by atoms with Gasteiger partial charge in [0.15, 0.2) is 9.84 Å². The lowest BCUT2D eigenvalue weighted by Crippen LogP contribution is -2.43. The Morgan fingerprint density at radius 1 is 1.33 bits per heavy atom. The standard InChI is InChI=1S/C13H27NO3S/c1-13(2,3)8-10(15)9-14-11-6-5-7-12(11)18(4,16)17/h10-12,14-15H,5-9H2,1-4H3. The highest BCUT2D eigenvalue weighted by Crippen LogP contribution is 2.25. The third-order valence-corrected chi connectivity index (χ3v) is 5.13. The summed E-state index contributed by atoms with van der Waals surface area (Å²) in [4.78, 5) is 0. The van der Waals surface area contributed by atoms with Gasteiger partial charge in [0.1, 0.15) is 0 Å². The van der Waals surface area contributed by atoms with Crippen molar-refractivity contribution in [2.24, 2.45) is 5.41 Å². The molecule has 108 valence electrons. The zero-order valence-electron chi connectivity index (χ0n) is 11.9. The number of aliphatic hydroxyl groups excluding tert-OH is 1. The van der Waals surface area contributed by atoms with Crippen LogP contribution in [0.15, 0.2) is 0 Å². The summed E-state index contributed by atoms with van der Waals surface area (Å²) in [6.45, 7) is 6.75. The second-order valence-electron chi connectivity index (χ2n) is 6.73. The Morgan fingerprint density at radius 3 is 2.44 bits per heavy atom. The minimum Gasteiger partial charge on any atom is -0.392 e. The smallest absolute Gasteiger partial charge is 0.151 e. The maximum absolute atomic E-state index is 11.6. The summed E-state index contributed by atoms with van der Waals surface area (Å²) in [7, 11) is -2.98. The molecule has 1 aliphatic carbocycles. The number of sulfone groups is 1. The zero-order chi connectivity index (χ0) is 14.0. The lowest BCUT2D eigenvalue weighted by Gasteiger charge is -2.25. The highest BCUT2D eigenvalue weighted by atomic mass is 32.2. The fourth-order valence-electron chi connectivity index (χ4n) is 2.74. The van der Waals surface area contributed by atoms with Crippen molar-refractivity contribution in [2.45, 2.75) is 63.9 Å². The van der Waals surface area contributed by atoms with Crippen LogP contribution >= 0.6 is 0 Å². The van der Waals surface area contributed by atoms with E-state index in [1.165, 1.54) is 6.26 Å². The van der Waals surface area contributed by atoms with E-state index in [9.17, 15) is 13.5 Å². The summed E-state index contributed by atoms with van der Waals surface area (Å²) in [5.41, 5.74) is 0.0903. The van der Waals surface area contributed by atoms with E-state index in [0.717, 1.165) is 25.7 Å².